The molecule has 0 atom stereocenters. The van der Waals surface area contributed by atoms with E-state index in [1.807, 2.05) is 23.6 Å². The number of aryl methyl sites for hydroxylation is 1. The number of amides is 1. The molecule has 0 saturated carbocycles. The first kappa shape index (κ1) is 21.5. The van der Waals surface area contributed by atoms with E-state index < -0.39 is 5.91 Å². The number of thiazole rings is 1. The van der Waals surface area contributed by atoms with Crippen LogP contribution in [0, 0.1) is 0 Å². The summed E-state index contributed by atoms with van der Waals surface area (Å²) in [7, 11) is 7.69. The fourth-order valence-electron chi connectivity index (χ4n) is 3.14. The predicted octanol–water partition coefficient (Wildman–Crippen LogP) is 3.51. The van der Waals surface area contributed by atoms with Gasteiger partial charge in [0.25, 0.3) is 5.91 Å². The topological polar surface area (TPSA) is 80.5 Å². The minimum absolute atomic E-state index is 0.333. The van der Waals surface area contributed by atoms with Gasteiger partial charge in [-0.2, -0.15) is 4.99 Å². The number of nitrogens with zero attached hydrogens (tertiary/aromatic N) is 2. The Kier molecular flexibility index (Phi) is 6.51. The number of methoxy groups -OCH3 is 5. The summed E-state index contributed by atoms with van der Waals surface area (Å²) in [6.45, 7) is 2.63. The van der Waals surface area contributed by atoms with Gasteiger partial charge >= 0.3 is 0 Å². The van der Waals surface area contributed by atoms with Gasteiger partial charge in [0.2, 0.25) is 5.75 Å². The molecule has 0 aliphatic carbocycles. The fraction of sp³-hybridized carbons (Fsp3) is 0.333. The second-order valence-electron chi connectivity index (χ2n) is 6.13. The summed E-state index contributed by atoms with van der Waals surface area (Å²) in [6, 6.07) is 6.94. The number of aromatic nitrogens is 1. The van der Waals surface area contributed by atoms with E-state index in [2.05, 4.69) is 4.99 Å². The number of rotatable bonds is 7. The van der Waals surface area contributed by atoms with Crippen LogP contribution in [0.4, 0.5) is 0 Å². The molecular formula is C21H24N2O6S. The monoisotopic (exact) mass is 432 g/mol. The maximum Gasteiger partial charge on any atom is 0.279 e. The van der Waals surface area contributed by atoms with Gasteiger partial charge in [0.05, 0.1) is 45.8 Å². The second-order valence-corrected chi connectivity index (χ2v) is 7.14. The molecule has 0 aliphatic heterocycles. The molecule has 0 spiro atoms. The fourth-order valence-corrected chi connectivity index (χ4v) is 4.25. The lowest BCUT2D eigenvalue weighted by atomic mass is 10.1. The van der Waals surface area contributed by atoms with Crippen molar-refractivity contribution in [2.75, 3.05) is 35.5 Å². The minimum Gasteiger partial charge on any atom is -0.493 e. The van der Waals surface area contributed by atoms with Crippen LogP contribution in [-0.4, -0.2) is 46.0 Å². The Morgan fingerprint density at radius 3 is 1.93 bits per heavy atom. The third-order valence-electron chi connectivity index (χ3n) is 4.61. The van der Waals surface area contributed by atoms with Crippen LogP contribution in [0.3, 0.4) is 0 Å². The number of hydrogen-bond donors (Lipinski definition) is 0. The van der Waals surface area contributed by atoms with Gasteiger partial charge in [0, 0.05) is 24.2 Å². The molecule has 0 bridgehead atoms. The summed E-state index contributed by atoms with van der Waals surface area (Å²) >= 11 is 1.40. The van der Waals surface area contributed by atoms with E-state index >= 15 is 0 Å². The zero-order valence-electron chi connectivity index (χ0n) is 17.8. The van der Waals surface area contributed by atoms with Crippen molar-refractivity contribution in [2.24, 2.45) is 4.99 Å². The Labute approximate surface area is 178 Å². The Bertz CT molecular complexity index is 1120. The van der Waals surface area contributed by atoms with Crippen LogP contribution >= 0.6 is 11.3 Å². The third kappa shape index (κ3) is 3.80. The van der Waals surface area contributed by atoms with Crippen LogP contribution in [0.25, 0.3) is 10.2 Å². The van der Waals surface area contributed by atoms with Crippen molar-refractivity contribution in [1.82, 2.24) is 4.57 Å². The first-order chi connectivity index (χ1) is 14.5. The largest absolute Gasteiger partial charge is 0.493 e. The first-order valence-electron chi connectivity index (χ1n) is 9.15. The Hall–Kier alpha value is -3.20. The molecule has 0 fully saturated rings. The molecule has 1 amide bonds. The number of fused-ring (bicyclic) bond motifs is 1. The van der Waals surface area contributed by atoms with Crippen LogP contribution in [0.15, 0.2) is 29.3 Å². The molecule has 2 aromatic carbocycles. The van der Waals surface area contributed by atoms with E-state index in [1.54, 1.807) is 26.4 Å². The van der Waals surface area contributed by atoms with Gasteiger partial charge in [-0.1, -0.05) is 11.3 Å². The van der Waals surface area contributed by atoms with Crippen LogP contribution < -0.4 is 28.5 Å². The highest BCUT2D eigenvalue weighted by Gasteiger charge is 2.18. The summed E-state index contributed by atoms with van der Waals surface area (Å²) in [5.74, 6) is 2.03. The number of benzene rings is 2. The van der Waals surface area contributed by atoms with Crippen molar-refractivity contribution in [2.45, 2.75) is 13.5 Å². The molecule has 1 aromatic heterocycles. The minimum atomic E-state index is -0.415. The lowest BCUT2D eigenvalue weighted by molar-refractivity contribution is 0.0997. The molecule has 0 aliphatic rings. The molecule has 0 N–H and O–H groups in total. The van der Waals surface area contributed by atoms with Crippen molar-refractivity contribution in [3.05, 3.63) is 34.6 Å². The summed E-state index contributed by atoms with van der Waals surface area (Å²) < 4.78 is 29.7. The normalized spacial score (nSPS) is 11.5. The highest BCUT2D eigenvalue weighted by atomic mass is 32.1. The number of ether oxygens (including phenoxy) is 5. The Morgan fingerprint density at radius 1 is 0.867 bits per heavy atom. The summed E-state index contributed by atoms with van der Waals surface area (Å²) in [5.41, 5.74) is 1.25. The van der Waals surface area contributed by atoms with Crippen LogP contribution in [-0.2, 0) is 6.54 Å². The molecule has 30 heavy (non-hydrogen) atoms. The highest BCUT2D eigenvalue weighted by molar-refractivity contribution is 7.16. The Balaban J connectivity index is 2.16. The molecular weight excluding hydrogens is 408 g/mol. The third-order valence-corrected chi connectivity index (χ3v) is 5.65. The maximum atomic E-state index is 13.0. The van der Waals surface area contributed by atoms with Crippen molar-refractivity contribution in [3.8, 4) is 28.7 Å². The SMILES string of the molecule is CCn1c(=NC(=O)c2cc(OC)c(OC)c(OC)c2)sc2cc(OC)c(OC)cc21. The number of carbonyl (C=O) groups is 1. The molecule has 3 aromatic rings. The van der Waals surface area contributed by atoms with Gasteiger partial charge in [-0.15, -0.1) is 0 Å². The van der Waals surface area contributed by atoms with Gasteiger partial charge < -0.3 is 28.3 Å². The zero-order valence-corrected chi connectivity index (χ0v) is 18.6. The number of hydrogen-bond acceptors (Lipinski definition) is 7. The smallest absolute Gasteiger partial charge is 0.279 e. The van der Waals surface area contributed by atoms with Crippen LogP contribution in [0.2, 0.25) is 0 Å². The zero-order chi connectivity index (χ0) is 21.8. The van der Waals surface area contributed by atoms with E-state index in [0.29, 0.717) is 45.7 Å². The van der Waals surface area contributed by atoms with Gasteiger partial charge in [0.1, 0.15) is 0 Å². The standard InChI is InChI=1S/C21H24N2O6S/c1-7-23-13-10-14(25-2)15(26-3)11-18(13)30-21(23)22-20(24)12-8-16(27-4)19(29-6)17(9-12)28-5/h8-11H,7H2,1-6H3. The first-order valence-corrected chi connectivity index (χ1v) is 9.97. The average molecular weight is 432 g/mol. The quantitative estimate of drug-likeness (QED) is 0.568. The second kappa shape index (κ2) is 9.08. The van der Waals surface area contributed by atoms with Crippen molar-refractivity contribution >= 4 is 27.5 Å². The highest BCUT2D eigenvalue weighted by Crippen LogP contribution is 2.38. The van der Waals surface area contributed by atoms with E-state index in [4.69, 9.17) is 23.7 Å². The summed E-state index contributed by atoms with van der Waals surface area (Å²) in [5, 5.41) is 0. The van der Waals surface area contributed by atoms with Gasteiger partial charge in [0.15, 0.2) is 27.8 Å². The number of carbonyl (C=O) groups excluding carboxylic acids is 1. The van der Waals surface area contributed by atoms with Crippen molar-refractivity contribution in [1.29, 1.82) is 0 Å². The molecule has 0 unspecified atom stereocenters. The molecule has 1 heterocycles. The van der Waals surface area contributed by atoms with Crippen molar-refractivity contribution < 1.29 is 28.5 Å². The molecule has 160 valence electrons. The predicted molar refractivity (Wildman–Crippen MR) is 115 cm³/mol. The summed E-state index contributed by atoms with van der Waals surface area (Å²) in [6.07, 6.45) is 0. The molecule has 8 nitrogen and oxygen atoms in total. The van der Waals surface area contributed by atoms with E-state index in [9.17, 15) is 4.79 Å². The average Bonchev–Trinajstić information content (AvgIpc) is 3.12. The van der Waals surface area contributed by atoms with Crippen molar-refractivity contribution in [3.63, 3.8) is 0 Å². The van der Waals surface area contributed by atoms with Gasteiger partial charge in [-0.05, 0) is 19.1 Å². The van der Waals surface area contributed by atoms with Gasteiger partial charge in [-0.3, -0.25) is 4.79 Å². The lowest BCUT2D eigenvalue weighted by Gasteiger charge is -2.12. The maximum absolute atomic E-state index is 13.0. The lowest BCUT2D eigenvalue weighted by Crippen LogP contribution is -2.16. The molecule has 0 saturated heterocycles. The van der Waals surface area contributed by atoms with E-state index in [1.165, 1.54) is 32.7 Å². The van der Waals surface area contributed by atoms with Gasteiger partial charge in [-0.25, -0.2) is 0 Å². The van der Waals surface area contributed by atoms with Crippen LogP contribution in [0.1, 0.15) is 17.3 Å². The van der Waals surface area contributed by atoms with Crippen LogP contribution in [0.5, 0.6) is 28.7 Å². The molecule has 0 radical (unpaired) electrons. The van der Waals surface area contributed by atoms with E-state index in [-0.39, 0.29) is 0 Å². The molecule has 3 rings (SSSR count). The molecule has 9 heteroatoms. The van der Waals surface area contributed by atoms with E-state index in [0.717, 1.165) is 10.2 Å². The summed E-state index contributed by atoms with van der Waals surface area (Å²) in [4.78, 5) is 17.9. The Morgan fingerprint density at radius 2 is 1.43 bits per heavy atom.